The molecular weight excluding hydrogens is 437 g/mol. The summed E-state index contributed by atoms with van der Waals surface area (Å²) in [6.45, 7) is 0. The summed E-state index contributed by atoms with van der Waals surface area (Å²) in [7, 11) is 0. The molecule has 32 heavy (non-hydrogen) atoms. The molecular formula is C24H21F3N2O2S. The van der Waals surface area contributed by atoms with Gasteiger partial charge in [0.15, 0.2) is 0 Å². The molecule has 0 aliphatic heterocycles. The molecule has 3 unspecified atom stereocenters. The summed E-state index contributed by atoms with van der Waals surface area (Å²) >= 11 is 1.30. The van der Waals surface area contributed by atoms with Gasteiger partial charge in [0, 0.05) is 32.7 Å². The van der Waals surface area contributed by atoms with Crippen molar-refractivity contribution in [2.75, 3.05) is 0 Å². The molecule has 166 valence electrons. The van der Waals surface area contributed by atoms with E-state index in [9.17, 15) is 18.3 Å². The molecule has 0 spiro atoms. The number of nitrogens with one attached hydrogen (secondary N) is 1. The molecule has 1 heterocycles. The van der Waals surface area contributed by atoms with Gasteiger partial charge in [-0.2, -0.15) is 0 Å². The molecule has 0 bridgehead atoms. The quantitative estimate of drug-likeness (QED) is 0.357. The number of hydrogen-bond donors (Lipinski definition) is 2. The Morgan fingerprint density at radius 2 is 1.47 bits per heavy atom. The van der Waals surface area contributed by atoms with Crippen LogP contribution in [0.2, 0.25) is 0 Å². The largest absolute Gasteiger partial charge is 0.573 e. The minimum Gasteiger partial charge on any atom is -0.406 e. The molecule has 1 aliphatic rings. The Morgan fingerprint density at radius 3 is 2.06 bits per heavy atom. The highest BCUT2D eigenvalue weighted by molar-refractivity contribution is 7.97. The van der Waals surface area contributed by atoms with Crippen molar-refractivity contribution in [1.29, 1.82) is 0 Å². The van der Waals surface area contributed by atoms with Crippen LogP contribution >= 0.6 is 11.9 Å². The summed E-state index contributed by atoms with van der Waals surface area (Å²) < 4.78 is 46.4. The second-order valence-electron chi connectivity index (χ2n) is 7.89. The number of fused-ring (bicyclic) bond motifs is 3. The number of nitrogens with zero attached hydrogens (tertiary/aromatic N) is 1. The smallest absolute Gasteiger partial charge is 0.406 e. The third kappa shape index (κ3) is 4.05. The highest BCUT2D eigenvalue weighted by Crippen LogP contribution is 2.39. The van der Waals surface area contributed by atoms with Crippen LogP contribution in [0.25, 0.3) is 21.8 Å². The van der Waals surface area contributed by atoms with E-state index in [1.165, 1.54) is 34.9 Å². The normalized spacial score (nSPS) is 21.4. The molecule has 3 atom stereocenters. The number of aliphatic hydroxyl groups is 1. The van der Waals surface area contributed by atoms with Gasteiger partial charge in [-0.25, -0.2) is 0 Å². The molecule has 1 fully saturated rings. The maximum absolute atomic E-state index is 12.3. The fourth-order valence-electron chi connectivity index (χ4n) is 4.53. The summed E-state index contributed by atoms with van der Waals surface area (Å²) in [4.78, 5) is 0.743. The van der Waals surface area contributed by atoms with Crippen LogP contribution in [0.15, 0.2) is 77.7 Å². The molecule has 3 aromatic carbocycles. The number of halogens is 3. The fraction of sp³-hybridized carbons (Fsp3) is 0.250. The van der Waals surface area contributed by atoms with E-state index in [4.69, 9.17) is 0 Å². The topological polar surface area (TPSA) is 46.4 Å². The molecule has 4 aromatic rings. The van der Waals surface area contributed by atoms with E-state index in [0.29, 0.717) is 0 Å². The van der Waals surface area contributed by atoms with Gasteiger partial charge in [-0.1, -0.05) is 36.4 Å². The average Bonchev–Trinajstić information content (AvgIpc) is 3.29. The molecule has 0 saturated heterocycles. The molecule has 1 aliphatic carbocycles. The van der Waals surface area contributed by atoms with E-state index >= 15 is 0 Å². The van der Waals surface area contributed by atoms with Crippen LogP contribution in [-0.4, -0.2) is 28.2 Å². The lowest BCUT2D eigenvalue weighted by Gasteiger charge is -2.23. The van der Waals surface area contributed by atoms with Gasteiger partial charge in [0.2, 0.25) is 0 Å². The standard InChI is InChI=1S/C24H21F3N2O2S/c25-24(26,27)31-15-9-11-16(12-10-15)32-28-19-13-14-22(23(19)30)29-20-7-3-1-5-17(20)18-6-2-4-8-21(18)29/h1-12,19,22-23,28,30H,13-14H2. The van der Waals surface area contributed by atoms with Crippen LogP contribution in [0.1, 0.15) is 18.9 Å². The van der Waals surface area contributed by atoms with Crippen LogP contribution in [0, 0.1) is 0 Å². The van der Waals surface area contributed by atoms with Crippen molar-refractivity contribution in [3.63, 3.8) is 0 Å². The molecule has 1 aromatic heterocycles. The zero-order chi connectivity index (χ0) is 22.3. The van der Waals surface area contributed by atoms with Crippen LogP contribution in [0.3, 0.4) is 0 Å². The number of para-hydroxylation sites is 2. The van der Waals surface area contributed by atoms with Crippen molar-refractivity contribution in [2.45, 2.75) is 42.3 Å². The first-order valence-electron chi connectivity index (χ1n) is 10.3. The van der Waals surface area contributed by atoms with Gasteiger partial charge >= 0.3 is 6.36 Å². The van der Waals surface area contributed by atoms with Gasteiger partial charge in [-0.05, 0) is 61.2 Å². The van der Waals surface area contributed by atoms with Gasteiger partial charge in [0.25, 0.3) is 0 Å². The Morgan fingerprint density at radius 1 is 0.875 bits per heavy atom. The first-order chi connectivity index (χ1) is 15.4. The summed E-state index contributed by atoms with van der Waals surface area (Å²) in [5, 5.41) is 13.5. The number of benzene rings is 3. The van der Waals surface area contributed by atoms with Gasteiger partial charge in [0.05, 0.1) is 12.1 Å². The Bertz CT molecular complexity index is 1190. The summed E-state index contributed by atoms with van der Waals surface area (Å²) in [6, 6.07) is 21.9. The van der Waals surface area contributed by atoms with Crippen molar-refractivity contribution in [3.8, 4) is 5.75 Å². The Kier molecular flexibility index (Phi) is 5.53. The predicted octanol–water partition coefficient (Wildman–Crippen LogP) is 6.05. The van der Waals surface area contributed by atoms with Crippen LogP contribution in [0.5, 0.6) is 5.75 Å². The number of aliphatic hydroxyl groups excluding tert-OH is 1. The van der Waals surface area contributed by atoms with E-state index < -0.39 is 12.5 Å². The van der Waals surface area contributed by atoms with E-state index in [-0.39, 0.29) is 17.8 Å². The average molecular weight is 459 g/mol. The van der Waals surface area contributed by atoms with Crippen molar-refractivity contribution in [1.82, 2.24) is 9.29 Å². The monoisotopic (exact) mass is 458 g/mol. The second kappa shape index (κ2) is 8.35. The zero-order valence-corrected chi connectivity index (χ0v) is 17.7. The van der Waals surface area contributed by atoms with Gasteiger partial charge in [-0.15, -0.1) is 13.2 Å². The maximum Gasteiger partial charge on any atom is 0.573 e. The lowest BCUT2D eigenvalue weighted by Crippen LogP contribution is -2.35. The number of hydrogen-bond acceptors (Lipinski definition) is 4. The molecule has 5 rings (SSSR count). The Labute approximate surface area is 187 Å². The Hall–Kier alpha value is -2.68. The number of alkyl halides is 3. The minimum atomic E-state index is -4.71. The molecule has 4 nitrogen and oxygen atoms in total. The first-order valence-corrected chi connectivity index (χ1v) is 11.2. The molecule has 0 amide bonds. The zero-order valence-electron chi connectivity index (χ0n) is 16.9. The van der Waals surface area contributed by atoms with E-state index in [0.717, 1.165) is 28.8 Å². The van der Waals surface area contributed by atoms with Crippen LogP contribution in [-0.2, 0) is 0 Å². The molecule has 1 saturated carbocycles. The second-order valence-corrected chi connectivity index (χ2v) is 8.80. The fourth-order valence-corrected chi connectivity index (χ4v) is 5.35. The van der Waals surface area contributed by atoms with Crippen molar-refractivity contribution < 1.29 is 23.0 Å². The van der Waals surface area contributed by atoms with Crippen molar-refractivity contribution in [2.24, 2.45) is 0 Å². The third-order valence-electron chi connectivity index (χ3n) is 5.91. The van der Waals surface area contributed by atoms with Gasteiger partial charge < -0.3 is 14.4 Å². The number of ether oxygens (including phenoxy) is 1. The van der Waals surface area contributed by atoms with Crippen LogP contribution in [0.4, 0.5) is 13.2 Å². The lowest BCUT2D eigenvalue weighted by atomic mass is 10.1. The van der Waals surface area contributed by atoms with Crippen molar-refractivity contribution >= 4 is 33.8 Å². The maximum atomic E-state index is 12.3. The first kappa shape index (κ1) is 21.2. The van der Waals surface area contributed by atoms with Crippen LogP contribution < -0.4 is 9.46 Å². The number of aromatic nitrogens is 1. The van der Waals surface area contributed by atoms with Crippen molar-refractivity contribution in [3.05, 3.63) is 72.8 Å². The number of rotatable bonds is 5. The third-order valence-corrected chi connectivity index (χ3v) is 6.84. The molecule has 2 N–H and O–H groups in total. The summed E-state index contributed by atoms with van der Waals surface area (Å²) in [6.07, 6.45) is -3.70. The molecule has 0 radical (unpaired) electrons. The van der Waals surface area contributed by atoms with Gasteiger partial charge in [-0.3, -0.25) is 4.72 Å². The summed E-state index contributed by atoms with van der Waals surface area (Å²) in [5.41, 5.74) is 2.21. The minimum absolute atomic E-state index is 0.0690. The van der Waals surface area contributed by atoms with Gasteiger partial charge in [0.1, 0.15) is 5.75 Å². The highest BCUT2D eigenvalue weighted by Gasteiger charge is 2.37. The van der Waals surface area contributed by atoms with E-state index in [1.807, 2.05) is 24.3 Å². The Balaban J connectivity index is 1.32. The van der Waals surface area contributed by atoms with E-state index in [1.54, 1.807) is 12.1 Å². The lowest BCUT2D eigenvalue weighted by molar-refractivity contribution is -0.274. The predicted molar refractivity (Wildman–Crippen MR) is 120 cm³/mol. The summed E-state index contributed by atoms with van der Waals surface area (Å²) in [5.74, 6) is -0.255. The SMILES string of the molecule is OC1C(NSc2ccc(OC(F)(F)F)cc2)CCC1n1c2ccccc2c2ccccc21. The van der Waals surface area contributed by atoms with E-state index in [2.05, 4.69) is 38.3 Å². The molecule has 8 heteroatoms. The highest BCUT2D eigenvalue weighted by atomic mass is 32.2.